The maximum atomic E-state index is 12.0. The Kier molecular flexibility index (Phi) is 6.16. The lowest BCUT2D eigenvalue weighted by molar-refractivity contribution is -0.122. The molecule has 1 N–H and O–H groups in total. The zero-order chi connectivity index (χ0) is 13.6. The van der Waals surface area contributed by atoms with Crippen LogP contribution in [0.4, 0.5) is 0 Å². The van der Waals surface area contributed by atoms with Crippen LogP contribution in [0.2, 0.25) is 5.02 Å². The number of hydrogen-bond donors (Lipinski definition) is 1. The quantitative estimate of drug-likeness (QED) is 0.785. The first kappa shape index (κ1) is 15.5. The van der Waals surface area contributed by atoms with Gasteiger partial charge in [-0.1, -0.05) is 52.7 Å². The molecule has 4 heteroatoms. The van der Waals surface area contributed by atoms with Crippen molar-refractivity contribution in [2.75, 3.05) is 5.33 Å². The van der Waals surface area contributed by atoms with E-state index in [1.54, 1.807) is 0 Å². The van der Waals surface area contributed by atoms with Crippen molar-refractivity contribution in [3.63, 3.8) is 0 Å². The predicted octanol–water partition coefficient (Wildman–Crippen LogP) is 3.95. The highest BCUT2D eigenvalue weighted by atomic mass is 79.9. The van der Waals surface area contributed by atoms with E-state index in [-0.39, 0.29) is 11.4 Å². The van der Waals surface area contributed by atoms with Gasteiger partial charge in [0.1, 0.15) is 0 Å². The van der Waals surface area contributed by atoms with Gasteiger partial charge in [-0.3, -0.25) is 4.79 Å². The third-order valence-corrected chi connectivity index (χ3v) is 3.94. The van der Waals surface area contributed by atoms with Gasteiger partial charge in [-0.25, -0.2) is 0 Å². The minimum atomic E-state index is -0.151. The van der Waals surface area contributed by atoms with Crippen LogP contribution in [0.5, 0.6) is 0 Å². The van der Waals surface area contributed by atoms with Crippen LogP contribution in [0.3, 0.4) is 0 Å². The molecule has 0 aliphatic heterocycles. The molecule has 0 heterocycles. The third-order valence-electron chi connectivity index (χ3n) is 3.18. The molecule has 1 aromatic carbocycles. The molecule has 1 atom stereocenters. The highest BCUT2D eigenvalue weighted by Crippen LogP contribution is 2.18. The van der Waals surface area contributed by atoms with Crippen LogP contribution in [0.1, 0.15) is 32.3 Å². The fraction of sp³-hybridized carbons (Fsp3) is 0.500. The summed E-state index contributed by atoms with van der Waals surface area (Å²) in [4.78, 5) is 12.0. The molecule has 18 heavy (non-hydrogen) atoms. The second kappa shape index (κ2) is 7.15. The Hall–Kier alpha value is -0.540. The lowest BCUT2D eigenvalue weighted by Gasteiger charge is -2.29. The molecular weight excluding hydrogens is 314 g/mol. The summed E-state index contributed by atoms with van der Waals surface area (Å²) in [6.45, 7) is 4.15. The monoisotopic (exact) mass is 331 g/mol. The van der Waals surface area contributed by atoms with E-state index in [1.807, 2.05) is 24.3 Å². The molecule has 0 aromatic heterocycles. The van der Waals surface area contributed by atoms with Crippen LogP contribution in [0, 0.1) is 0 Å². The normalized spacial score (nSPS) is 14.0. The summed E-state index contributed by atoms with van der Waals surface area (Å²) < 4.78 is 0. The maximum Gasteiger partial charge on any atom is 0.224 e. The van der Waals surface area contributed by atoms with E-state index in [2.05, 4.69) is 35.1 Å². The summed E-state index contributed by atoms with van der Waals surface area (Å²) in [5.41, 5.74) is 0.718. The van der Waals surface area contributed by atoms with Crippen LogP contribution < -0.4 is 5.32 Å². The van der Waals surface area contributed by atoms with Gasteiger partial charge in [0.25, 0.3) is 0 Å². The average Bonchev–Trinajstić information content (AvgIpc) is 2.32. The smallest absolute Gasteiger partial charge is 0.224 e. The summed E-state index contributed by atoms with van der Waals surface area (Å²) in [5, 5.41) is 4.62. The summed E-state index contributed by atoms with van der Waals surface area (Å²) in [7, 11) is 0. The van der Waals surface area contributed by atoms with Crippen LogP contribution in [0.25, 0.3) is 0 Å². The second-order valence-corrected chi connectivity index (χ2v) is 5.87. The van der Waals surface area contributed by atoms with Crippen LogP contribution >= 0.6 is 27.5 Å². The molecule has 1 rings (SSSR count). The van der Waals surface area contributed by atoms with E-state index in [4.69, 9.17) is 11.6 Å². The standard InChI is InChI=1S/C14H19BrClNO/c1-3-14(2,8-9-15)17-13(18)10-11-6-4-5-7-12(11)16/h4-7H,3,8-10H2,1-2H3,(H,17,18). The Balaban J connectivity index is 2.64. The van der Waals surface area contributed by atoms with Crippen LogP contribution in [-0.2, 0) is 11.2 Å². The van der Waals surface area contributed by atoms with Gasteiger partial charge in [0, 0.05) is 15.9 Å². The fourth-order valence-electron chi connectivity index (χ4n) is 1.73. The molecule has 0 aliphatic carbocycles. The SMILES string of the molecule is CCC(C)(CCBr)NC(=O)Cc1ccccc1Cl. The Labute approximate surface area is 122 Å². The first-order valence-corrected chi connectivity index (χ1v) is 7.61. The average molecular weight is 333 g/mol. The van der Waals surface area contributed by atoms with E-state index in [9.17, 15) is 4.79 Å². The van der Waals surface area contributed by atoms with Crippen LogP contribution in [0.15, 0.2) is 24.3 Å². The number of carbonyl (C=O) groups is 1. The zero-order valence-electron chi connectivity index (χ0n) is 10.8. The molecule has 0 radical (unpaired) electrons. The molecule has 0 saturated carbocycles. The zero-order valence-corrected chi connectivity index (χ0v) is 13.1. The van der Waals surface area contributed by atoms with Gasteiger partial charge >= 0.3 is 0 Å². The van der Waals surface area contributed by atoms with Gasteiger partial charge in [0.05, 0.1) is 6.42 Å². The second-order valence-electron chi connectivity index (χ2n) is 4.67. The van der Waals surface area contributed by atoms with E-state index in [1.165, 1.54) is 0 Å². The number of halogens is 2. The Bertz CT molecular complexity index is 411. The number of rotatable bonds is 6. The van der Waals surface area contributed by atoms with Crippen molar-refractivity contribution in [3.05, 3.63) is 34.9 Å². The lowest BCUT2D eigenvalue weighted by atomic mass is 9.95. The van der Waals surface area contributed by atoms with Gasteiger partial charge in [-0.15, -0.1) is 0 Å². The molecule has 0 aliphatic rings. The molecular formula is C14H19BrClNO. The molecule has 1 aromatic rings. The summed E-state index contributed by atoms with van der Waals surface area (Å²) in [5.74, 6) is 0.0217. The first-order chi connectivity index (χ1) is 8.50. The molecule has 1 amide bonds. The number of alkyl halides is 1. The summed E-state index contributed by atoms with van der Waals surface area (Å²) in [6, 6.07) is 7.45. The van der Waals surface area contributed by atoms with Crippen molar-refractivity contribution in [2.24, 2.45) is 0 Å². The van der Waals surface area contributed by atoms with Crippen molar-refractivity contribution in [1.82, 2.24) is 5.32 Å². The molecule has 2 nitrogen and oxygen atoms in total. The largest absolute Gasteiger partial charge is 0.351 e. The Morgan fingerprint density at radius 3 is 2.67 bits per heavy atom. The van der Waals surface area contributed by atoms with Gasteiger partial charge < -0.3 is 5.32 Å². The minimum absolute atomic E-state index is 0.0217. The highest BCUT2D eigenvalue weighted by molar-refractivity contribution is 9.09. The van der Waals surface area contributed by atoms with Crippen molar-refractivity contribution >= 4 is 33.4 Å². The van der Waals surface area contributed by atoms with E-state index in [0.717, 1.165) is 23.7 Å². The summed E-state index contributed by atoms with van der Waals surface area (Å²) in [6.07, 6.45) is 2.15. The van der Waals surface area contributed by atoms with Gasteiger partial charge in [0.15, 0.2) is 0 Å². The van der Waals surface area contributed by atoms with Crippen molar-refractivity contribution in [2.45, 2.75) is 38.6 Å². The van der Waals surface area contributed by atoms with E-state index in [0.29, 0.717) is 11.4 Å². The molecule has 0 spiro atoms. The van der Waals surface area contributed by atoms with Crippen molar-refractivity contribution in [1.29, 1.82) is 0 Å². The van der Waals surface area contributed by atoms with Crippen molar-refractivity contribution in [3.8, 4) is 0 Å². The molecule has 0 saturated heterocycles. The third kappa shape index (κ3) is 4.62. The number of benzene rings is 1. The Morgan fingerprint density at radius 2 is 2.11 bits per heavy atom. The molecule has 0 bridgehead atoms. The number of hydrogen-bond acceptors (Lipinski definition) is 1. The predicted molar refractivity (Wildman–Crippen MR) is 80.4 cm³/mol. The molecule has 100 valence electrons. The lowest BCUT2D eigenvalue weighted by Crippen LogP contribution is -2.46. The van der Waals surface area contributed by atoms with Crippen LogP contribution in [-0.4, -0.2) is 16.8 Å². The number of carbonyl (C=O) groups excluding carboxylic acids is 1. The maximum absolute atomic E-state index is 12.0. The number of nitrogens with one attached hydrogen (secondary N) is 1. The first-order valence-electron chi connectivity index (χ1n) is 6.11. The van der Waals surface area contributed by atoms with Gasteiger partial charge in [0.2, 0.25) is 5.91 Å². The van der Waals surface area contributed by atoms with Crippen molar-refractivity contribution < 1.29 is 4.79 Å². The minimum Gasteiger partial charge on any atom is -0.351 e. The molecule has 0 fully saturated rings. The van der Waals surface area contributed by atoms with E-state index >= 15 is 0 Å². The Morgan fingerprint density at radius 1 is 1.44 bits per heavy atom. The van der Waals surface area contributed by atoms with Gasteiger partial charge in [-0.2, -0.15) is 0 Å². The highest BCUT2D eigenvalue weighted by Gasteiger charge is 2.23. The summed E-state index contributed by atoms with van der Waals surface area (Å²) >= 11 is 9.47. The van der Waals surface area contributed by atoms with Gasteiger partial charge in [-0.05, 0) is 31.4 Å². The fourth-order valence-corrected chi connectivity index (χ4v) is 2.81. The number of amides is 1. The topological polar surface area (TPSA) is 29.1 Å². The van der Waals surface area contributed by atoms with E-state index < -0.39 is 0 Å². The molecule has 1 unspecified atom stereocenters.